The van der Waals surface area contributed by atoms with Crippen molar-refractivity contribution in [1.82, 2.24) is 5.32 Å². The van der Waals surface area contributed by atoms with Gasteiger partial charge in [-0.3, -0.25) is 0 Å². The topological polar surface area (TPSA) is 32.3 Å². The van der Waals surface area contributed by atoms with Gasteiger partial charge in [0.05, 0.1) is 5.60 Å². The molecule has 2 N–H and O–H groups in total. The Kier molecular flexibility index (Phi) is 5.45. The first-order valence-electron chi connectivity index (χ1n) is 8.45. The Balaban J connectivity index is 1.88. The molecule has 2 nitrogen and oxygen atoms in total. The molecule has 0 spiro atoms. The highest BCUT2D eigenvalue weighted by Crippen LogP contribution is 2.31. The zero-order valence-electron chi connectivity index (χ0n) is 14.0. The fourth-order valence-corrected chi connectivity index (χ4v) is 3.11. The van der Waals surface area contributed by atoms with E-state index in [1.54, 1.807) is 0 Å². The second kappa shape index (κ2) is 6.93. The molecule has 1 saturated carbocycles. The maximum atomic E-state index is 10.6. The van der Waals surface area contributed by atoms with Gasteiger partial charge >= 0.3 is 0 Å². The summed E-state index contributed by atoms with van der Waals surface area (Å²) in [6, 6.07) is 9.14. The van der Waals surface area contributed by atoms with Gasteiger partial charge in [0.25, 0.3) is 0 Å². The third kappa shape index (κ3) is 4.55. The number of rotatable bonds is 5. The predicted octanol–water partition coefficient (Wildman–Crippen LogP) is 4.40. The predicted molar refractivity (Wildman–Crippen MR) is 89.5 cm³/mol. The molecule has 1 aliphatic carbocycles. The van der Waals surface area contributed by atoms with Crippen molar-refractivity contribution in [2.45, 2.75) is 70.9 Å². The zero-order valence-corrected chi connectivity index (χ0v) is 14.0. The maximum Gasteiger partial charge on any atom is 0.0772 e. The molecule has 1 aliphatic rings. The Morgan fingerprint density at radius 2 is 1.62 bits per heavy atom. The van der Waals surface area contributed by atoms with Crippen LogP contribution in [0.25, 0.3) is 0 Å². The molecule has 1 unspecified atom stereocenters. The lowest BCUT2D eigenvalue weighted by molar-refractivity contribution is -0.00783. The lowest BCUT2D eigenvalue weighted by Crippen LogP contribution is -2.44. The van der Waals surface area contributed by atoms with Crippen LogP contribution in [0.1, 0.15) is 76.5 Å². The molecule has 2 rings (SSSR count). The molecule has 2 heteroatoms. The van der Waals surface area contributed by atoms with Crippen molar-refractivity contribution in [2.75, 3.05) is 6.54 Å². The van der Waals surface area contributed by atoms with Crippen molar-refractivity contribution in [2.24, 2.45) is 5.92 Å². The molecule has 118 valence electrons. The normalized spacial score (nSPS) is 27.8. The van der Waals surface area contributed by atoms with Crippen LogP contribution in [0.5, 0.6) is 0 Å². The molecule has 0 amide bonds. The monoisotopic (exact) mass is 289 g/mol. The van der Waals surface area contributed by atoms with E-state index < -0.39 is 5.60 Å². The Morgan fingerprint density at radius 1 is 1.10 bits per heavy atom. The molecular weight excluding hydrogens is 258 g/mol. The molecule has 0 aromatic heterocycles. The highest BCUT2D eigenvalue weighted by Gasteiger charge is 2.31. The number of nitrogens with one attached hydrogen (secondary N) is 1. The van der Waals surface area contributed by atoms with Crippen molar-refractivity contribution >= 4 is 0 Å². The standard InChI is InChI=1S/C19H31NO/c1-14(2)17-5-7-18(8-6-17)16(4)20-13-19(21)11-9-15(3)10-12-19/h5-8,14-16,20-21H,9-13H2,1-4H3. The largest absolute Gasteiger partial charge is 0.389 e. The number of benzene rings is 1. The molecular formula is C19H31NO. The summed E-state index contributed by atoms with van der Waals surface area (Å²) in [4.78, 5) is 0. The zero-order chi connectivity index (χ0) is 15.5. The molecule has 1 fully saturated rings. The van der Waals surface area contributed by atoms with Crippen molar-refractivity contribution in [3.05, 3.63) is 35.4 Å². The minimum atomic E-state index is -0.501. The summed E-state index contributed by atoms with van der Waals surface area (Å²) >= 11 is 0. The number of hydrogen-bond donors (Lipinski definition) is 2. The third-order valence-corrected chi connectivity index (χ3v) is 5.05. The molecule has 1 aromatic carbocycles. The van der Waals surface area contributed by atoms with Gasteiger partial charge in [-0.05, 0) is 55.6 Å². The first-order chi connectivity index (χ1) is 9.89. The van der Waals surface area contributed by atoms with Crippen molar-refractivity contribution < 1.29 is 5.11 Å². The summed E-state index contributed by atoms with van der Waals surface area (Å²) in [5, 5.41) is 14.2. The van der Waals surface area contributed by atoms with E-state index in [2.05, 4.69) is 57.3 Å². The molecule has 0 aliphatic heterocycles. The van der Waals surface area contributed by atoms with Gasteiger partial charge in [0.15, 0.2) is 0 Å². The summed E-state index contributed by atoms with van der Waals surface area (Å²) < 4.78 is 0. The van der Waals surface area contributed by atoms with Crippen LogP contribution < -0.4 is 5.32 Å². The van der Waals surface area contributed by atoms with Crippen LogP contribution in [0.4, 0.5) is 0 Å². The van der Waals surface area contributed by atoms with Crippen LogP contribution in [0, 0.1) is 5.92 Å². The molecule has 1 aromatic rings. The summed E-state index contributed by atoms with van der Waals surface area (Å²) in [5.41, 5.74) is 2.18. The lowest BCUT2D eigenvalue weighted by atomic mass is 9.79. The van der Waals surface area contributed by atoms with Crippen LogP contribution in [-0.4, -0.2) is 17.3 Å². The highest BCUT2D eigenvalue weighted by molar-refractivity contribution is 5.26. The number of hydrogen-bond acceptors (Lipinski definition) is 2. The Bertz CT molecular complexity index is 429. The second-order valence-electron chi connectivity index (χ2n) is 7.33. The summed E-state index contributed by atoms with van der Waals surface area (Å²) in [7, 11) is 0. The minimum absolute atomic E-state index is 0.287. The van der Waals surface area contributed by atoms with Gasteiger partial charge in [-0.1, -0.05) is 45.0 Å². The van der Waals surface area contributed by atoms with Gasteiger partial charge in [0, 0.05) is 12.6 Å². The molecule has 21 heavy (non-hydrogen) atoms. The smallest absolute Gasteiger partial charge is 0.0772 e. The Labute approximate surface area is 130 Å². The highest BCUT2D eigenvalue weighted by atomic mass is 16.3. The van der Waals surface area contributed by atoms with Gasteiger partial charge < -0.3 is 10.4 Å². The van der Waals surface area contributed by atoms with Gasteiger partial charge in [-0.2, -0.15) is 0 Å². The molecule has 1 atom stereocenters. The third-order valence-electron chi connectivity index (χ3n) is 5.05. The van der Waals surface area contributed by atoms with E-state index in [1.165, 1.54) is 11.1 Å². The van der Waals surface area contributed by atoms with Crippen molar-refractivity contribution in [3.63, 3.8) is 0 Å². The molecule has 0 radical (unpaired) electrons. The van der Waals surface area contributed by atoms with Crippen molar-refractivity contribution in [1.29, 1.82) is 0 Å². The van der Waals surface area contributed by atoms with Crippen LogP contribution in [0.2, 0.25) is 0 Å². The van der Waals surface area contributed by atoms with E-state index in [-0.39, 0.29) is 6.04 Å². The van der Waals surface area contributed by atoms with E-state index in [0.717, 1.165) is 31.6 Å². The quantitative estimate of drug-likeness (QED) is 0.842. The van der Waals surface area contributed by atoms with Gasteiger partial charge in [-0.15, -0.1) is 0 Å². The fourth-order valence-electron chi connectivity index (χ4n) is 3.11. The van der Waals surface area contributed by atoms with E-state index >= 15 is 0 Å². The van der Waals surface area contributed by atoms with E-state index in [9.17, 15) is 5.11 Å². The Hall–Kier alpha value is -0.860. The SMILES string of the molecule is CC1CCC(O)(CNC(C)c2ccc(C(C)C)cc2)CC1. The first-order valence-corrected chi connectivity index (χ1v) is 8.45. The van der Waals surface area contributed by atoms with Gasteiger partial charge in [0.2, 0.25) is 0 Å². The summed E-state index contributed by atoms with van der Waals surface area (Å²) in [5.74, 6) is 1.35. The van der Waals surface area contributed by atoms with E-state index in [0.29, 0.717) is 12.5 Å². The van der Waals surface area contributed by atoms with Crippen LogP contribution in [0.3, 0.4) is 0 Å². The second-order valence-corrected chi connectivity index (χ2v) is 7.33. The molecule has 0 heterocycles. The first kappa shape index (κ1) is 16.5. The van der Waals surface area contributed by atoms with E-state index in [1.807, 2.05) is 0 Å². The average molecular weight is 289 g/mol. The molecule has 0 saturated heterocycles. The number of aliphatic hydroxyl groups is 1. The maximum absolute atomic E-state index is 10.6. The average Bonchev–Trinajstić information content (AvgIpc) is 2.48. The Morgan fingerprint density at radius 3 is 2.14 bits per heavy atom. The van der Waals surface area contributed by atoms with Gasteiger partial charge in [0.1, 0.15) is 0 Å². The van der Waals surface area contributed by atoms with Crippen molar-refractivity contribution in [3.8, 4) is 0 Å². The summed E-state index contributed by atoms with van der Waals surface area (Å²) in [6.45, 7) is 9.60. The minimum Gasteiger partial charge on any atom is -0.389 e. The van der Waals surface area contributed by atoms with Gasteiger partial charge in [-0.25, -0.2) is 0 Å². The van der Waals surface area contributed by atoms with E-state index in [4.69, 9.17) is 0 Å². The van der Waals surface area contributed by atoms with Crippen LogP contribution >= 0.6 is 0 Å². The fraction of sp³-hybridized carbons (Fsp3) is 0.684. The summed E-state index contributed by atoms with van der Waals surface area (Å²) in [6.07, 6.45) is 4.16. The molecule has 0 bridgehead atoms. The lowest BCUT2D eigenvalue weighted by Gasteiger charge is -2.36. The van der Waals surface area contributed by atoms with Crippen LogP contribution in [0.15, 0.2) is 24.3 Å². The van der Waals surface area contributed by atoms with Crippen LogP contribution in [-0.2, 0) is 0 Å².